The second-order valence-corrected chi connectivity index (χ2v) is 8.07. The summed E-state index contributed by atoms with van der Waals surface area (Å²) in [4.78, 5) is 31.5. The van der Waals surface area contributed by atoms with E-state index >= 15 is 0 Å². The van der Waals surface area contributed by atoms with E-state index < -0.39 is 0 Å². The normalized spacial score (nSPS) is 17.9. The first kappa shape index (κ1) is 19.7. The summed E-state index contributed by atoms with van der Waals surface area (Å²) in [5, 5.41) is 4.08. The van der Waals surface area contributed by atoms with E-state index in [1.54, 1.807) is 0 Å². The number of hydrogen-bond donors (Lipinski definition) is 0. The van der Waals surface area contributed by atoms with Crippen LogP contribution in [0.2, 0.25) is 0 Å². The van der Waals surface area contributed by atoms with E-state index in [2.05, 4.69) is 10.1 Å². The molecule has 29 heavy (non-hydrogen) atoms. The van der Waals surface area contributed by atoms with Crippen molar-refractivity contribution in [3.8, 4) is 5.82 Å². The molecule has 0 radical (unpaired) electrons. The first-order chi connectivity index (χ1) is 13.9. The summed E-state index contributed by atoms with van der Waals surface area (Å²) < 4.78 is 7.15. The SMILES string of the molecule is Cc1cc(-n2c(C)cc(C(=O)N3CCN(CC(=O)N4CCCC4)CC3)c2C)no1. The molecule has 4 heterocycles. The van der Waals surface area contributed by atoms with Gasteiger partial charge in [0, 0.05) is 56.7 Å². The molecule has 2 aliphatic heterocycles. The lowest BCUT2D eigenvalue weighted by atomic mass is 10.2. The molecule has 0 spiro atoms. The minimum atomic E-state index is 0.0371. The van der Waals surface area contributed by atoms with Crippen molar-refractivity contribution in [3.63, 3.8) is 0 Å². The molecule has 0 atom stereocenters. The summed E-state index contributed by atoms with van der Waals surface area (Å²) in [5.74, 6) is 1.69. The highest BCUT2D eigenvalue weighted by Crippen LogP contribution is 2.22. The smallest absolute Gasteiger partial charge is 0.255 e. The highest BCUT2D eigenvalue weighted by atomic mass is 16.5. The molecule has 2 aromatic heterocycles. The van der Waals surface area contributed by atoms with Crippen molar-refractivity contribution in [1.82, 2.24) is 24.4 Å². The summed E-state index contributed by atoms with van der Waals surface area (Å²) >= 11 is 0. The van der Waals surface area contributed by atoms with E-state index in [1.165, 1.54) is 0 Å². The molecule has 0 bridgehead atoms. The van der Waals surface area contributed by atoms with Crippen LogP contribution < -0.4 is 0 Å². The predicted octanol–water partition coefficient (Wildman–Crippen LogP) is 1.77. The summed E-state index contributed by atoms with van der Waals surface area (Å²) in [6.07, 6.45) is 2.22. The van der Waals surface area contributed by atoms with Gasteiger partial charge in [-0.1, -0.05) is 5.16 Å². The van der Waals surface area contributed by atoms with Gasteiger partial charge in [-0.05, 0) is 39.7 Å². The van der Waals surface area contributed by atoms with E-state index in [-0.39, 0.29) is 11.8 Å². The summed E-state index contributed by atoms with van der Waals surface area (Å²) in [5.41, 5.74) is 2.52. The van der Waals surface area contributed by atoms with Gasteiger partial charge in [-0.3, -0.25) is 19.1 Å². The number of aryl methyl sites for hydroxylation is 2. The zero-order valence-electron chi connectivity index (χ0n) is 17.5. The van der Waals surface area contributed by atoms with Crippen LogP contribution in [-0.2, 0) is 4.79 Å². The summed E-state index contributed by atoms with van der Waals surface area (Å²) in [7, 11) is 0. The van der Waals surface area contributed by atoms with Gasteiger partial charge in [0.2, 0.25) is 5.91 Å². The van der Waals surface area contributed by atoms with Crippen LogP contribution in [-0.4, -0.2) is 82.1 Å². The quantitative estimate of drug-likeness (QED) is 0.783. The number of carbonyl (C=O) groups is 2. The molecule has 0 saturated carbocycles. The minimum absolute atomic E-state index is 0.0371. The Bertz CT molecular complexity index is 902. The van der Waals surface area contributed by atoms with Gasteiger partial charge >= 0.3 is 0 Å². The Morgan fingerprint density at radius 2 is 1.66 bits per heavy atom. The van der Waals surface area contributed by atoms with Crippen LogP contribution in [0.5, 0.6) is 0 Å². The van der Waals surface area contributed by atoms with Gasteiger partial charge in [0.25, 0.3) is 5.91 Å². The van der Waals surface area contributed by atoms with Gasteiger partial charge in [0.1, 0.15) is 5.76 Å². The Morgan fingerprint density at radius 3 is 2.28 bits per heavy atom. The van der Waals surface area contributed by atoms with Crippen molar-refractivity contribution in [2.45, 2.75) is 33.6 Å². The maximum atomic E-state index is 13.1. The van der Waals surface area contributed by atoms with Gasteiger partial charge < -0.3 is 14.3 Å². The molecular formula is C21H29N5O3. The van der Waals surface area contributed by atoms with E-state index in [0.717, 1.165) is 56.2 Å². The molecule has 2 aromatic rings. The Morgan fingerprint density at radius 1 is 0.966 bits per heavy atom. The number of piperazine rings is 1. The van der Waals surface area contributed by atoms with Crippen molar-refractivity contribution in [2.24, 2.45) is 0 Å². The fraction of sp³-hybridized carbons (Fsp3) is 0.571. The highest BCUT2D eigenvalue weighted by molar-refractivity contribution is 5.96. The molecule has 0 aliphatic carbocycles. The van der Waals surface area contributed by atoms with Crippen LogP contribution in [0.1, 0.15) is 40.3 Å². The fourth-order valence-electron chi connectivity index (χ4n) is 4.33. The molecule has 8 nitrogen and oxygen atoms in total. The zero-order valence-corrected chi connectivity index (χ0v) is 17.5. The van der Waals surface area contributed by atoms with Crippen LogP contribution in [0, 0.1) is 20.8 Å². The number of amides is 2. The lowest BCUT2D eigenvalue weighted by molar-refractivity contribution is -0.131. The first-order valence-corrected chi connectivity index (χ1v) is 10.4. The second kappa shape index (κ2) is 8.02. The number of hydrogen-bond acceptors (Lipinski definition) is 5. The molecule has 4 rings (SSSR count). The van der Waals surface area contributed by atoms with Crippen molar-refractivity contribution in [2.75, 3.05) is 45.8 Å². The lowest BCUT2D eigenvalue weighted by Crippen LogP contribution is -2.51. The maximum Gasteiger partial charge on any atom is 0.255 e. The number of carbonyl (C=O) groups excluding carboxylic acids is 2. The van der Waals surface area contributed by atoms with Crippen LogP contribution in [0.25, 0.3) is 5.82 Å². The monoisotopic (exact) mass is 399 g/mol. The zero-order chi connectivity index (χ0) is 20.5. The van der Waals surface area contributed by atoms with E-state index in [0.29, 0.717) is 31.0 Å². The summed E-state index contributed by atoms with van der Waals surface area (Å²) in [6, 6.07) is 3.79. The number of likely N-dealkylation sites (tertiary alicyclic amines) is 1. The van der Waals surface area contributed by atoms with Crippen molar-refractivity contribution < 1.29 is 14.1 Å². The Kier molecular flexibility index (Phi) is 5.45. The number of aromatic nitrogens is 2. The van der Waals surface area contributed by atoms with Gasteiger partial charge in [-0.2, -0.15) is 0 Å². The van der Waals surface area contributed by atoms with Crippen LogP contribution in [0.4, 0.5) is 0 Å². The van der Waals surface area contributed by atoms with Crippen LogP contribution in [0.3, 0.4) is 0 Å². The third kappa shape index (κ3) is 3.94. The average Bonchev–Trinajstić information content (AvgIpc) is 3.43. The third-order valence-electron chi connectivity index (χ3n) is 5.98. The van der Waals surface area contributed by atoms with Crippen molar-refractivity contribution >= 4 is 11.8 Å². The predicted molar refractivity (Wildman–Crippen MR) is 108 cm³/mol. The highest BCUT2D eigenvalue weighted by Gasteiger charge is 2.28. The molecular weight excluding hydrogens is 370 g/mol. The Labute approximate surface area is 171 Å². The number of nitrogens with zero attached hydrogens (tertiary/aromatic N) is 5. The molecule has 0 unspecified atom stereocenters. The first-order valence-electron chi connectivity index (χ1n) is 10.4. The standard InChI is InChI=1S/C21H29N5O3/c1-15-12-18(17(3)26(15)19-13-16(2)29-22-19)21(28)25-10-8-23(9-11-25)14-20(27)24-6-4-5-7-24/h12-13H,4-11,14H2,1-3H3. The van der Waals surface area contributed by atoms with Crippen LogP contribution >= 0.6 is 0 Å². The van der Waals surface area contributed by atoms with Gasteiger partial charge in [-0.25, -0.2) is 0 Å². The largest absolute Gasteiger partial charge is 0.360 e. The fourth-order valence-corrected chi connectivity index (χ4v) is 4.33. The average molecular weight is 399 g/mol. The van der Waals surface area contributed by atoms with Crippen molar-refractivity contribution in [3.05, 3.63) is 34.8 Å². The molecule has 8 heteroatoms. The second-order valence-electron chi connectivity index (χ2n) is 8.07. The van der Waals surface area contributed by atoms with Gasteiger partial charge in [0.15, 0.2) is 5.82 Å². The van der Waals surface area contributed by atoms with Crippen LogP contribution in [0.15, 0.2) is 16.7 Å². The lowest BCUT2D eigenvalue weighted by Gasteiger charge is -2.35. The molecule has 2 saturated heterocycles. The maximum absolute atomic E-state index is 13.1. The van der Waals surface area contributed by atoms with Gasteiger partial charge in [0.05, 0.1) is 12.1 Å². The molecule has 0 aromatic carbocycles. The molecule has 156 valence electrons. The van der Waals surface area contributed by atoms with E-state index in [9.17, 15) is 9.59 Å². The van der Waals surface area contributed by atoms with Gasteiger partial charge in [-0.15, -0.1) is 0 Å². The Hall–Kier alpha value is -2.61. The topological polar surface area (TPSA) is 74.8 Å². The third-order valence-corrected chi connectivity index (χ3v) is 5.98. The summed E-state index contributed by atoms with van der Waals surface area (Å²) in [6.45, 7) is 10.7. The van der Waals surface area contributed by atoms with E-state index in [1.807, 2.05) is 47.3 Å². The van der Waals surface area contributed by atoms with Crippen molar-refractivity contribution in [1.29, 1.82) is 0 Å². The molecule has 2 amide bonds. The molecule has 2 aliphatic rings. The molecule has 0 N–H and O–H groups in total. The Balaban J connectivity index is 1.39. The van der Waals surface area contributed by atoms with E-state index in [4.69, 9.17) is 4.52 Å². The molecule has 2 fully saturated rings. The number of rotatable bonds is 4. The minimum Gasteiger partial charge on any atom is -0.360 e.